The second-order valence-electron chi connectivity index (χ2n) is 26.4. The molecule has 0 spiro atoms. The number of nitrogens with zero attached hydrogens (tertiary/aromatic N) is 8. The number of halogens is 4. The molecule has 3 aromatic carbocycles. The van der Waals surface area contributed by atoms with E-state index in [1.54, 1.807) is 42.5 Å². The largest absolute Gasteiger partial charge is 0.481 e. The van der Waals surface area contributed by atoms with E-state index >= 15 is 0 Å². The standard InChI is InChI=1S/C26H29ClN4O4S.C25H27ClN4O4S.C18H15ClFN3O2S.C8H15NO2/c1-17-6-4-7-18(2)25(17)26-20(27)10-11-21(28-26)30-36(33,34)23-9-5-8-22(29-23)31-14-12-19(13-15-31)16-24(32)35-3;1-16-5-3-6-17(2)24(16)25-19(26)9-10-20(27-25)29-35(33,34)22-8-4-7-21(28-22)30-13-11-18(12-14-30)15-23(31)32;1-11-5-3-6-12(2)17(11)18-13(19)9-10-15(22-18)23-26(24,25)16-8-4-7-14(20)21-16;1-11-8(10)6-7-2-4-9-5-3-7/h4-11,19H,12-16H2,1-3H3,(H,28,30);3-10,18H,11-15H2,1-2H3,(H,27,29)(H,31,32);3-10H,1-2H3,(H,22,23);7,9H,2-6H2,1H3. The third-order valence-electron chi connectivity index (χ3n) is 18.5. The molecule has 0 radical (unpaired) electrons. The lowest BCUT2D eigenvalue weighted by Gasteiger charge is -2.32. The number of rotatable bonds is 20. The van der Waals surface area contributed by atoms with Crippen LogP contribution in [0.2, 0.25) is 15.1 Å². The highest BCUT2D eigenvalue weighted by atomic mass is 35.5. The number of sulfonamides is 3. The molecule has 31 heteroatoms. The lowest BCUT2D eigenvalue weighted by Crippen LogP contribution is -2.35. The Hall–Kier alpha value is -9.42. The normalized spacial score (nSPS) is 14.3. The molecule has 5 N–H and O–H groups in total. The molecule has 12 rings (SSSR count). The number of pyridine rings is 6. The van der Waals surface area contributed by atoms with E-state index in [4.69, 9.17) is 44.6 Å². The zero-order valence-electron chi connectivity index (χ0n) is 60.9. The van der Waals surface area contributed by atoms with Gasteiger partial charge in [-0.3, -0.25) is 28.5 Å². The van der Waals surface area contributed by atoms with Gasteiger partial charge in [0.05, 0.1) is 46.4 Å². The van der Waals surface area contributed by atoms with Crippen LogP contribution in [0.1, 0.15) is 91.2 Å². The highest BCUT2D eigenvalue weighted by Crippen LogP contribution is 2.37. The predicted molar refractivity (Wildman–Crippen MR) is 419 cm³/mol. The number of benzene rings is 3. The first-order valence-corrected chi connectivity index (χ1v) is 40.4. The van der Waals surface area contributed by atoms with Crippen molar-refractivity contribution in [2.45, 2.75) is 114 Å². The molecule has 0 amide bonds. The summed E-state index contributed by atoms with van der Waals surface area (Å²) < 4.78 is 107. The van der Waals surface area contributed by atoms with Crippen molar-refractivity contribution in [2.24, 2.45) is 17.8 Å². The maximum atomic E-state index is 13.2. The molecule has 3 fully saturated rings. The number of hydrogen-bond donors (Lipinski definition) is 5. The van der Waals surface area contributed by atoms with E-state index < -0.39 is 47.0 Å². The van der Waals surface area contributed by atoms with E-state index in [9.17, 15) is 44.0 Å². The molecule has 0 atom stereocenters. The number of carboxylic acid groups (broad SMARTS) is 1. The SMILES string of the molecule is COC(=O)CC1CCN(c2cccc(S(=O)(=O)Nc3ccc(Cl)c(-c4c(C)cccc4C)n3)n2)CC1.COC(=O)CC1CCNCC1.Cc1cccc(C)c1-c1nc(NS(=O)(=O)c2cccc(F)n2)ccc1Cl.Cc1cccc(C)c1-c1nc(NS(=O)(=O)c2cccc(N3CCC(CC(=O)O)CC3)n2)ccc1Cl. The van der Waals surface area contributed by atoms with Crippen molar-refractivity contribution in [1.82, 2.24) is 35.2 Å². The first-order valence-electron chi connectivity index (χ1n) is 34.8. The molecule has 3 saturated heterocycles. The zero-order valence-corrected chi connectivity index (χ0v) is 65.7. The number of piperidine rings is 3. The van der Waals surface area contributed by atoms with Gasteiger partial charge in [0.15, 0.2) is 15.1 Å². The lowest BCUT2D eigenvalue weighted by atomic mass is 9.93. The van der Waals surface area contributed by atoms with Crippen molar-refractivity contribution < 1.29 is 58.6 Å². The van der Waals surface area contributed by atoms with E-state index in [0.717, 1.165) is 108 Å². The molecule has 9 heterocycles. The summed E-state index contributed by atoms with van der Waals surface area (Å²) in [6.07, 6.45) is 6.41. The quantitative estimate of drug-likeness (QED) is 0.0350. The summed E-state index contributed by atoms with van der Waals surface area (Å²) in [6, 6.07) is 40.1. The minimum atomic E-state index is -4.07. The summed E-state index contributed by atoms with van der Waals surface area (Å²) in [7, 11) is -9.23. The molecule has 0 bridgehead atoms. The Morgan fingerprint density at radius 3 is 1.05 bits per heavy atom. The summed E-state index contributed by atoms with van der Waals surface area (Å²) in [5.74, 6) is 0.466. The smallest absolute Gasteiger partial charge is 0.305 e. The Morgan fingerprint density at radius 1 is 0.435 bits per heavy atom. The third-order valence-corrected chi connectivity index (χ3v) is 23.2. The number of carboxylic acids is 1. The van der Waals surface area contributed by atoms with Gasteiger partial charge in [0.1, 0.15) is 29.1 Å². The molecule has 6 aromatic heterocycles. The van der Waals surface area contributed by atoms with Crippen LogP contribution in [0.4, 0.5) is 33.5 Å². The summed E-state index contributed by atoms with van der Waals surface area (Å²) in [4.78, 5) is 63.0. The highest BCUT2D eigenvalue weighted by molar-refractivity contribution is 7.93. The number of aryl methyl sites for hydroxylation is 6. The lowest BCUT2D eigenvalue weighted by molar-refractivity contribution is -0.142. The van der Waals surface area contributed by atoms with Crippen LogP contribution in [0.15, 0.2) is 161 Å². The fraction of sp³-hybridized carbons (Fsp3) is 0.338. The van der Waals surface area contributed by atoms with Crippen LogP contribution in [0, 0.1) is 65.2 Å². The van der Waals surface area contributed by atoms with Crippen molar-refractivity contribution in [3.8, 4) is 33.8 Å². The molecule has 108 heavy (non-hydrogen) atoms. The first kappa shape index (κ1) is 82.6. The van der Waals surface area contributed by atoms with Gasteiger partial charge in [0, 0.05) is 62.1 Å². The summed E-state index contributed by atoms with van der Waals surface area (Å²) in [6.45, 7) is 16.4. The monoisotopic (exact) mass is 1590 g/mol. The molecule has 0 saturated carbocycles. The van der Waals surface area contributed by atoms with Crippen LogP contribution in [0.25, 0.3) is 33.8 Å². The molecule has 3 aliphatic rings. The number of aromatic nitrogens is 6. The molecule has 24 nitrogen and oxygen atoms in total. The molecule has 0 aliphatic carbocycles. The second-order valence-corrected chi connectivity index (χ2v) is 32.5. The van der Waals surface area contributed by atoms with Gasteiger partial charge >= 0.3 is 17.9 Å². The maximum Gasteiger partial charge on any atom is 0.305 e. The topological polar surface area (TPSA) is 324 Å². The van der Waals surface area contributed by atoms with Crippen molar-refractivity contribution in [3.63, 3.8) is 0 Å². The number of carbonyl (C=O) groups is 3. The molecular weight excluding hydrogens is 1510 g/mol. The Labute approximate surface area is 644 Å². The van der Waals surface area contributed by atoms with Gasteiger partial charge in [0.2, 0.25) is 5.95 Å². The Bertz CT molecular complexity index is 5010. The van der Waals surface area contributed by atoms with Crippen molar-refractivity contribution in [1.29, 1.82) is 0 Å². The number of nitrogens with one attached hydrogen (secondary N) is 4. The molecular formula is C77H86Cl3FN12O12S3. The fourth-order valence-electron chi connectivity index (χ4n) is 12.9. The van der Waals surface area contributed by atoms with Gasteiger partial charge < -0.3 is 29.7 Å². The van der Waals surface area contributed by atoms with Crippen molar-refractivity contribution >= 4 is 112 Å². The first-order chi connectivity index (χ1) is 51.4. The van der Waals surface area contributed by atoms with Gasteiger partial charge in [0.25, 0.3) is 30.1 Å². The van der Waals surface area contributed by atoms with Crippen LogP contribution < -0.4 is 29.3 Å². The number of aliphatic carboxylic acids is 1. The van der Waals surface area contributed by atoms with E-state index in [2.05, 4.69) is 54.1 Å². The average molecular weight is 1590 g/mol. The van der Waals surface area contributed by atoms with Crippen LogP contribution >= 0.6 is 34.8 Å². The predicted octanol–water partition coefficient (Wildman–Crippen LogP) is 14.8. The van der Waals surface area contributed by atoms with Crippen LogP contribution in [-0.4, -0.2) is 132 Å². The number of methoxy groups -OCH3 is 2. The Morgan fingerprint density at radius 2 is 0.731 bits per heavy atom. The van der Waals surface area contributed by atoms with E-state index in [1.165, 1.54) is 56.7 Å². The molecule has 572 valence electrons. The van der Waals surface area contributed by atoms with Crippen molar-refractivity contribution in [3.05, 3.63) is 200 Å². The molecule has 3 aliphatic heterocycles. The number of anilines is 5. The third kappa shape index (κ3) is 22.4. The summed E-state index contributed by atoms with van der Waals surface area (Å²) >= 11 is 19.1. The number of ether oxygens (including phenoxy) is 2. The summed E-state index contributed by atoms with van der Waals surface area (Å²) in [5.41, 5.74) is 9.96. The van der Waals surface area contributed by atoms with Gasteiger partial charge in [-0.2, -0.15) is 29.6 Å². The number of hydrogen-bond acceptors (Lipinski definition) is 20. The van der Waals surface area contributed by atoms with E-state index in [0.29, 0.717) is 88.7 Å². The fourth-order valence-corrected chi connectivity index (χ4v) is 16.3. The van der Waals surface area contributed by atoms with Gasteiger partial charge in [-0.15, -0.1) is 0 Å². The highest BCUT2D eigenvalue weighted by Gasteiger charge is 2.28. The van der Waals surface area contributed by atoms with E-state index in [1.807, 2.05) is 106 Å². The minimum Gasteiger partial charge on any atom is -0.481 e. The maximum absolute atomic E-state index is 13.2. The Kier molecular flexibility index (Phi) is 28.8. The van der Waals surface area contributed by atoms with Crippen molar-refractivity contribution in [2.75, 3.05) is 77.5 Å². The molecule has 9 aromatic rings. The summed E-state index contributed by atoms with van der Waals surface area (Å²) in [5, 5.41) is 12.9. The number of esters is 2. The Balaban J connectivity index is 0.000000176. The average Bonchev–Trinajstić information content (AvgIpc) is 0.802. The zero-order chi connectivity index (χ0) is 78.0. The van der Waals surface area contributed by atoms with Crippen LogP contribution in [0.5, 0.6) is 0 Å². The second kappa shape index (κ2) is 37.6. The van der Waals surface area contributed by atoms with Crippen LogP contribution in [0.3, 0.4) is 0 Å². The van der Waals surface area contributed by atoms with Gasteiger partial charge in [-0.25, -0.2) is 29.9 Å². The van der Waals surface area contributed by atoms with Crippen LogP contribution in [-0.2, 0) is 53.9 Å². The van der Waals surface area contributed by atoms with Gasteiger partial charge in [-0.05, 0) is 217 Å². The minimum absolute atomic E-state index is 0.0677. The van der Waals surface area contributed by atoms with E-state index in [-0.39, 0.29) is 57.7 Å². The van der Waals surface area contributed by atoms with Gasteiger partial charge in [-0.1, -0.05) is 108 Å². The molecule has 0 unspecified atom stereocenters. The number of carbonyl (C=O) groups excluding carboxylic acids is 2.